The Hall–Kier alpha value is -1.72. The lowest BCUT2D eigenvalue weighted by atomic mass is 10.1. The van der Waals surface area contributed by atoms with E-state index < -0.39 is 0 Å². The monoisotopic (exact) mass is 248 g/mol. The van der Waals surface area contributed by atoms with E-state index in [1.165, 1.54) is 6.07 Å². The number of aryl methyl sites for hydroxylation is 1. The number of nitro groups is 1. The smallest absolute Gasteiger partial charge is 0.276 e. The highest BCUT2D eigenvalue weighted by molar-refractivity contribution is 5.64. The summed E-state index contributed by atoms with van der Waals surface area (Å²) in [5, 5.41) is 14.2. The molecule has 0 bridgehead atoms. The van der Waals surface area contributed by atoms with Gasteiger partial charge in [0.05, 0.1) is 23.2 Å². The van der Waals surface area contributed by atoms with E-state index in [1.807, 2.05) is 19.1 Å². The Bertz CT molecular complexity index is 465. The Morgan fingerprint density at radius 2 is 2.39 bits per heavy atom. The molecule has 18 heavy (non-hydrogen) atoms. The Kier molecular flexibility index (Phi) is 4.07. The minimum Gasteiger partial charge on any atom is -0.371 e. The van der Waals surface area contributed by atoms with Crippen LogP contribution in [0.2, 0.25) is 0 Å². The molecule has 5 nitrogen and oxygen atoms in total. The summed E-state index contributed by atoms with van der Waals surface area (Å²) in [4.78, 5) is 10.6. The third kappa shape index (κ3) is 2.94. The third-order valence-corrected chi connectivity index (χ3v) is 2.93. The van der Waals surface area contributed by atoms with Gasteiger partial charge >= 0.3 is 0 Å². The molecule has 1 unspecified atom stereocenters. The summed E-state index contributed by atoms with van der Waals surface area (Å²) in [7, 11) is 0. The molecule has 0 spiro atoms. The Balaban J connectivity index is 2.21. The van der Waals surface area contributed by atoms with Crippen molar-refractivity contribution >= 4 is 11.8 Å². The van der Waals surface area contributed by atoms with Crippen molar-refractivity contribution in [3.05, 3.63) is 45.5 Å². The summed E-state index contributed by atoms with van der Waals surface area (Å²) in [6.45, 7) is 4.14. The van der Waals surface area contributed by atoms with Crippen LogP contribution in [0.1, 0.15) is 11.1 Å². The molecule has 5 heteroatoms. The summed E-state index contributed by atoms with van der Waals surface area (Å²) in [5.41, 5.74) is 1.68. The molecule has 1 heterocycles. The molecule has 0 aliphatic carbocycles. The average molecular weight is 248 g/mol. The van der Waals surface area contributed by atoms with E-state index in [4.69, 9.17) is 4.74 Å². The molecule has 1 aliphatic rings. The minimum absolute atomic E-state index is 0.0158. The van der Waals surface area contributed by atoms with Gasteiger partial charge in [0.2, 0.25) is 0 Å². The van der Waals surface area contributed by atoms with Gasteiger partial charge in [-0.05, 0) is 18.6 Å². The fourth-order valence-electron chi connectivity index (χ4n) is 1.95. The molecule has 2 rings (SSSR count). The lowest BCUT2D eigenvalue weighted by molar-refractivity contribution is -0.385. The maximum Gasteiger partial charge on any atom is 0.276 e. The predicted molar refractivity (Wildman–Crippen MR) is 69.5 cm³/mol. The molecule has 1 aromatic carbocycles. The van der Waals surface area contributed by atoms with Crippen LogP contribution >= 0.6 is 0 Å². The van der Waals surface area contributed by atoms with Crippen LogP contribution in [0.3, 0.4) is 0 Å². The van der Waals surface area contributed by atoms with Crippen molar-refractivity contribution in [1.29, 1.82) is 0 Å². The highest BCUT2D eigenvalue weighted by Crippen LogP contribution is 2.23. The number of benzene rings is 1. The molecular formula is C13H16N2O3. The van der Waals surface area contributed by atoms with Gasteiger partial charge in [-0.25, -0.2) is 0 Å². The normalized spacial score (nSPS) is 20.2. The zero-order valence-electron chi connectivity index (χ0n) is 10.3. The highest BCUT2D eigenvalue weighted by Gasteiger charge is 2.14. The van der Waals surface area contributed by atoms with Crippen molar-refractivity contribution in [3.8, 4) is 0 Å². The molecular weight excluding hydrogens is 232 g/mol. The summed E-state index contributed by atoms with van der Waals surface area (Å²) in [6.07, 6.45) is 3.64. The van der Waals surface area contributed by atoms with Crippen molar-refractivity contribution in [1.82, 2.24) is 5.32 Å². The molecule has 1 aliphatic heterocycles. The fourth-order valence-corrected chi connectivity index (χ4v) is 1.95. The van der Waals surface area contributed by atoms with Crippen LogP contribution in [0, 0.1) is 17.0 Å². The van der Waals surface area contributed by atoms with Gasteiger partial charge in [0, 0.05) is 19.2 Å². The molecule has 0 saturated carbocycles. The molecule has 1 fully saturated rings. The maximum atomic E-state index is 11.0. The molecule has 1 saturated heterocycles. The topological polar surface area (TPSA) is 64.4 Å². The number of morpholine rings is 1. The molecule has 0 aromatic heterocycles. The van der Waals surface area contributed by atoms with E-state index in [1.54, 1.807) is 12.1 Å². The van der Waals surface area contributed by atoms with E-state index in [-0.39, 0.29) is 16.7 Å². The zero-order valence-corrected chi connectivity index (χ0v) is 10.3. The standard InChI is InChI=1S/C13H16N2O3/c1-10-3-2-4-13(15(16)17)12(10)6-5-11-9-14-7-8-18-11/h2-6,11,14H,7-9H2,1H3. The van der Waals surface area contributed by atoms with Crippen LogP contribution in [0.25, 0.3) is 6.08 Å². The molecule has 1 aromatic rings. The number of ether oxygens (including phenoxy) is 1. The molecule has 0 amide bonds. The van der Waals surface area contributed by atoms with Gasteiger partial charge in [-0.3, -0.25) is 10.1 Å². The second-order valence-electron chi connectivity index (χ2n) is 4.24. The van der Waals surface area contributed by atoms with Gasteiger partial charge in [-0.15, -0.1) is 0 Å². The fraction of sp³-hybridized carbons (Fsp3) is 0.385. The first-order valence-electron chi connectivity index (χ1n) is 5.93. The zero-order chi connectivity index (χ0) is 13.0. The summed E-state index contributed by atoms with van der Waals surface area (Å²) in [5.74, 6) is 0. The summed E-state index contributed by atoms with van der Waals surface area (Å²) >= 11 is 0. The van der Waals surface area contributed by atoms with Crippen molar-refractivity contribution in [2.24, 2.45) is 0 Å². The van der Waals surface area contributed by atoms with Crippen LogP contribution in [0.4, 0.5) is 5.69 Å². The number of nitrogens with one attached hydrogen (secondary N) is 1. The van der Waals surface area contributed by atoms with Gasteiger partial charge in [-0.1, -0.05) is 18.2 Å². The largest absolute Gasteiger partial charge is 0.371 e. The molecule has 1 atom stereocenters. The van der Waals surface area contributed by atoms with Gasteiger partial charge in [-0.2, -0.15) is 0 Å². The van der Waals surface area contributed by atoms with E-state index in [0.29, 0.717) is 12.2 Å². The van der Waals surface area contributed by atoms with Crippen molar-refractivity contribution in [3.63, 3.8) is 0 Å². The molecule has 1 N–H and O–H groups in total. The van der Waals surface area contributed by atoms with Gasteiger partial charge in [0.1, 0.15) is 0 Å². The summed E-state index contributed by atoms with van der Waals surface area (Å²) < 4.78 is 5.52. The second kappa shape index (κ2) is 5.75. The van der Waals surface area contributed by atoms with Gasteiger partial charge in [0.15, 0.2) is 0 Å². The molecule has 96 valence electrons. The van der Waals surface area contributed by atoms with Crippen LogP contribution in [-0.2, 0) is 4.74 Å². The van der Waals surface area contributed by atoms with Crippen molar-refractivity contribution in [2.45, 2.75) is 13.0 Å². The quantitative estimate of drug-likeness (QED) is 0.655. The number of hydrogen-bond donors (Lipinski definition) is 1. The van der Waals surface area contributed by atoms with E-state index in [2.05, 4.69) is 5.32 Å². The predicted octanol–water partition coefficient (Wildman–Crippen LogP) is 1.90. The SMILES string of the molecule is Cc1cccc([N+](=O)[O-])c1C=CC1CNCCO1. The number of nitro benzene ring substituents is 1. The first kappa shape index (κ1) is 12.7. The van der Waals surface area contributed by atoms with Crippen LogP contribution in [-0.4, -0.2) is 30.7 Å². The second-order valence-corrected chi connectivity index (χ2v) is 4.24. The first-order valence-corrected chi connectivity index (χ1v) is 5.93. The lowest BCUT2D eigenvalue weighted by Crippen LogP contribution is -2.37. The van der Waals surface area contributed by atoms with Crippen LogP contribution < -0.4 is 5.32 Å². The van der Waals surface area contributed by atoms with E-state index >= 15 is 0 Å². The van der Waals surface area contributed by atoms with Crippen LogP contribution in [0.15, 0.2) is 24.3 Å². The minimum atomic E-state index is -0.355. The Labute approximate surface area is 106 Å². The van der Waals surface area contributed by atoms with Gasteiger partial charge in [0.25, 0.3) is 5.69 Å². The molecule has 0 radical (unpaired) electrons. The van der Waals surface area contributed by atoms with Crippen molar-refractivity contribution in [2.75, 3.05) is 19.7 Å². The first-order chi connectivity index (χ1) is 8.68. The van der Waals surface area contributed by atoms with E-state index in [9.17, 15) is 10.1 Å². The summed E-state index contributed by atoms with van der Waals surface area (Å²) in [6, 6.07) is 5.09. The van der Waals surface area contributed by atoms with Crippen LogP contribution in [0.5, 0.6) is 0 Å². The van der Waals surface area contributed by atoms with Crippen molar-refractivity contribution < 1.29 is 9.66 Å². The Morgan fingerprint density at radius 3 is 3.06 bits per heavy atom. The van der Waals surface area contributed by atoms with Gasteiger partial charge < -0.3 is 10.1 Å². The lowest BCUT2D eigenvalue weighted by Gasteiger charge is -2.20. The number of rotatable bonds is 3. The number of hydrogen-bond acceptors (Lipinski definition) is 4. The highest BCUT2D eigenvalue weighted by atomic mass is 16.6. The average Bonchev–Trinajstić information content (AvgIpc) is 2.38. The number of nitrogens with zero attached hydrogens (tertiary/aromatic N) is 1. The van der Waals surface area contributed by atoms with E-state index in [0.717, 1.165) is 18.7 Å². The maximum absolute atomic E-state index is 11.0. The third-order valence-electron chi connectivity index (χ3n) is 2.93. The Morgan fingerprint density at radius 1 is 1.56 bits per heavy atom.